The molecule has 9 nitrogen and oxygen atoms in total. The van der Waals surface area contributed by atoms with Crippen molar-refractivity contribution in [3.63, 3.8) is 0 Å². The normalized spacial score (nSPS) is 8.44. The quantitative estimate of drug-likeness (QED) is 0.360. The van der Waals surface area contributed by atoms with Crippen LogP contribution in [-0.4, -0.2) is 49.8 Å². The van der Waals surface area contributed by atoms with Gasteiger partial charge in [-0.15, -0.1) is 0 Å². The van der Waals surface area contributed by atoms with E-state index in [1.54, 1.807) is 0 Å². The van der Waals surface area contributed by atoms with Crippen molar-refractivity contribution in [2.45, 2.75) is 0 Å². The van der Waals surface area contributed by atoms with Crippen LogP contribution in [0.2, 0.25) is 0 Å². The maximum absolute atomic E-state index is 9.55. The van der Waals surface area contributed by atoms with Crippen LogP contribution in [0.5, 0.6) is 0 Å². The van der Waals surface area contributed by atoms with Crippen molar-refractivity contribution < 1.29 is 64.6 Å². The molecule has 0 aliphatic rings. The van der Waals surface area contributed by atoms with Crippen LogP contribution in [0.15, 0.2) is 24.3 Å². The van der Waals surface area contributed by atoms with Gasteiger partial charge in [0.25, 0.3) is 0 Å². The Morgan fingerprint density at radius 2 is 0.667 bits per heavy atom. The number of aliphatic carboxylic acids is 4. The van der Waals surface area contributed by atoms with Crippen molar-refractivity contribution in [1.29, 1.82) is 0 Å². The van der Waals surface area contributed by atoms with E-state index in [9.17, 15) is 19.2 Å². The van der Waals surface area contributed by atoms with Gasteiger partial charge in [-0.05, 0) is 0 Å². The zero-order valence-electron chi connectivity index (χ0n) is 8.94. The molecule has 0 aromatic rings. The minimum absolute atomic E-state index is 0. The van der Waals surface area contributed by atoms with E-state index in [2.05, 4.69) is 0 Å². The molecule has 10 heteroatoms. The molecule has 0 aliphatic carbocycles. The minimum Gasteiger partial charge on any atom is -0.478 e. The molecular weight excluding hydrogens is 305 g/mol. The van der Waals surface area contributed by atoms with Gasteiger partial charge in [0.2, 0.25) is 0 Å². The number of carbonyl (C=O) groups is 4. The molecule has 6 N–H and O–H groups in total. The van der Waals surface area contributed by atoms with Crippen LogP contribution in [0, 0.1) is 0 Å². The topological polar surface area (TPSA) is 181 Å². The van der Waals surface area contributed by atoms with Crippen LogP contribution in [0.1, 0.15) is 0 Å². The molecule has 98 valence electrons. The molecule has 0 saturated carbocycles. The molecule has 0 rings (SSSR count). The number of rotatable bonds is 4. The Kier molecular flexibility index (Phi) is 20.7. The predicted molar refractivity (Wildman–Crippen MR) is 52.4 cm³/mol. The molecule has 0 aromatic carbocycles. The van der Waals surface area contributed by atoms with E-state index in [0.717, 1.165) is 0 Å². The van der Waals surface area contributed by atoms with Crippen molar-refractivity contribution in [3.8, 4) is 0 Å². The molecule has 0 aromatic heterocycles. The van der Waals surface area contributed by atoms with Crippen LogP contribution in [0.3, 0.4) is 0 Å². The first-order chi connectivity index (χ1) is 7.25. The average molecular weight is 316 g/mol. The molecule has 0 atom stereocenters. The van der Waals surface area contributed by atoms with Gasteiger partial charge < -0.3 is 25.9 Å². The molecule has 0 heterocycles. The summed E-state index contributed by atoms with van der Waals surface area (Å²) >= 11 is 0. The van der Waals surface area contributed by atoms with E-state index < -0.39 is 23.9 Å². The van der Waals surface area contributed by atoms with Gasteiger partial charge in [-0.1, -0.05) is 0 Å². The van der Waals surface area contributed by atoms with Gasteiger partial charge in [0.05, 0.1) is 0 Å². The Hall–Kier alpha value is -2.06. The summed E-state index contributed by atoms with van der Waals surface area (Å²) in [5, 5.41) is 31.2. The number of hydrogen-bond donors (Lipinski definition) is 4. The van der Waals surface area contributed by atoms with E-state index in [-0.39, 0.29) is 25.0 Å². The summed E-state index contributed by atoms with van der Waals surface area (Å²) in [7, 11) is 0. The minimum atomic E-state index is -1.26. The molecule has 0 unspecified atom stereocenters. The summed E-state index contributed by atoms with van der Waals surface area (Å²) in [6.07, 6.45) is 2.23. The van der Waals surface area contributed by atoms with Crippen LogP contribution in [-0.2, 0) is 38.7 Å². The average Bonchev–Trinajstić information content (AvgIpc) is 2.12. The van der Waals surface area contributed by atoms with Gasteiger partial charge in [-0.25, -0.2) is 19.2 Å². The van der Waals surface area contributed by atoms with E-state index in [1.807, 2.05) is 0 Å². The van der Waals surface area contributed by atoms with Gasteiger partial charge in [-0.2, -0.15) is 0 Å². The summed E-state index contributed by atoms with van der Waals surface area (Å²) in [6.45, 7) is 0. The summed E-state index contributed by atoms with van der Waals surface area (Å²) in [5.41, 5.74) is 0. The summed E-state index contributed by atoms with van der Waals surface area (Å²) in [4.78, 5) is 38.2. The molecule has 0 spiro atoms. The molecule has 18 heavy (non-hydrogen) atoms. The number of carboxylic acids is 4. The number of hydrogen-bond acceptors (Lipinski definition) is 4. The van der Waals surface area contributed by atoms with Gasteiger partial charge in [0.1, 0.15) is 0 Å². The Labute approximate surface area is 113 Å². The van der Waals surface area contributed by atoms with Gasteiger partial charge in [0.15, 0.2) is 0 Å². The van der Waals surface area contributed by atoms with Crippen molar-refractivity contribution >= 4 is 23.9 Å². The second-order valence-electron chi connectivity index (χ2n) is 2.02. The second kappa shape index (κ2) is 14.9. The van der Waals surface area contributed by atoms with Gasteiger partial charge in [0, 0.05) is 43.8 Å². The first-order valence-electron chi connectivity index (χ1n) is 3.53. The predicted octanol–water partition coefficient (Wildman–Crippen LogP) is -1.40. The Balaban J connectivity index is -0.0000000980. The third kappa shape index (κ3) is 37.0. The van der Waals surface area contributed by atoms with E-state index in [4.69, 9.17) is 20.4 Å². The molecule has 0 fully saturated rings. The maximum Gasteiger partial charge on any atom is 0.328 e. The standard InChI is InChI=1S/2C4H4O4.H2O.Zn/c2*5-3(6)1-2-4(7)8;;/h2*1-2H,(H,5,6)(H,7,8);1H2;/b2*2-1+;;. The fourth-order valence-electron chi connectivity index (χ4n) is 0.285. The van der Waals surface area contributed by atoms with Crippen LogP contribution in [0.4, 0.5) is 0 Å². The van der Waals surface area contributed by atoms with Crippen molar-refractivity contribution in [2.75, 3.05) is 0 Å². The molecule has 0 saturated heterocycles. The van der Waals surface area contributed by atoms with Crippen LogP contribution < -0.4 is 0 Å². The maximum atomic E-state index is 9.55. The van der Waals surface area contributed by atoms with Crippen LogP contribution >= 0.6 is 0 Å². The Morgan fingerprint density at radius 1 is 0.556 bits per heavy atom. The molecule has 0 bridgehead atoms. The van der Waals surface area contributed by atoms with E-state index in [0.29, 0.717) is 24.3 Å². The fraction of sp³-hybridized carbons (Fsp3) is 0. The van der Waals surface area contributed by atoms with E-state index in [1.165, 1.54) is 0 Å². The first kappa shape index (κ1) is 25.0. The molecule has 0 radical (unpaired) electrons. The van der Waals surface area contributed by atoms with Crippen molar-refractivity contribution in [2.24, 2.45) is 0 Å². The Bertz CT molecular complexity index is 278. The second-order valence-corrected chi connectivity index (χ2v) is 2.02. The van der Waals surface area contributed by atoms with Crippen molar-refractivity contribution in [1.82, 2.24) is 0 Å². The summed E-state index contributed by atoms with van der Waals surface area (Å²) < 4.78 is 0. The number of carboxylic acid groups (broad SMARTS) is 4. The van der Waals surface area contributed by atoms with E-state index >= 15 is 0 Å². The zero-order chi connectivity index (χ0) is 13.1. The SMILES string of the molecule is O.O=C(O)/C=C/C(=O)O.O=C(O)/C=C/C(=O)O.[Zn]. The third-order valence-electron chi connectivity index (χ3n) is 0.737. The summed E-state index contributed by atoms with van der Waals surface area (Å²) in [5.74, 6) is -5.03. The third-order valence-corrected chi connectivity index (χ3v) is 0.737. The molecule has 0 aliphatic heterocycles. The van der Waals surface area contributed by atoms with Crippen LogP contribution in [0.25, 0.3) is 0 Å². The fourth-order valence-corrected chi connectivity index (χ4v) is 0.285. The van der Waals surface area contributed by atoms with Crippen molar-refractivity contribution in [3.05, 3.63) is 24.3 Å². The zero-order valence-corrected chi connectivity index (χ0v) is 11.9. The molecule has 0 amide bonds. The first-order valence-corrected chi connectivity index (χ1v) is 3.53. The largest absolute Gasteiger partial charge is 0.478 e. The van der Waals surface area contributed by atoms with Gasteiger partial charge >= 0.3 is 23.9 Å². The smallest absolute Gasteiger partial charge is 0.328 e. The molecular formula is C8H10O9Zn. The Morgan fingerprint density at radius 3 is 0.722 bits per heavy atom. The summed E-state index contributed by atoms with van der Waals surface area (Å²) in [6, 6.07) is 0. The monoisotopic (exact) mass is 314 g/mol. The van der Waals surface area contributed by atoms with Gasteiger partial charge in [-0.3, -0.25) is 0 Å².